The van der Waals surface area contributed by atoms with Crippen molar-refractivity contribution in [2.75, 3.05) is 0 Å². The van der Waals surface area contributed by atoms with Crippen molar-refractivity contribution in [1.29, 1.82) is 0 Å². The minimum atomic E-state index is -4.03. The molecule has 0 spiro atoms. The lowest BCUT2D eigenvalue weighted by molar-refractivity contribution is 0.104. The van der Waals surface area contributed by atoms with E-state index in [0.29, 0.717) is 12.0 Å². The van der Waals surface area contributed by atoms with Crippen molar-refractivity contribution in [3.8, 4) is 0 Å². The van der Waals surface area contributed by atoms with Crippen molar-refractivity contribution in [2.24, 2.45) is 5.41 Å². The summed E-state index contributed by atoms with van der Waals surface area (Å²) in [5, 5.41) is 10.8. The highest BCUT2D eigenvalue weighted by atomic mass is 32.2. The Morgan fingerprint density at radius 3 is 1.91 bits per heavy atom. The van der Waals surface area contributed by atoms with Gasteiger partial charge in [0, 0.05) is 11.1 Å². The van der Waals surface area contributed by atoms with E-state index < -0.39 is 30.9 Å². The van der Waals surface area contributed by atoms with Crippen molar-refractivity contribution in [1.82, 2.24) is 0 Å². The Balaban J connectivity index is 1.77. The molecule has 0 aromatic heterocycles. The third-order valence-corrected chi connectivity index (χ3v) is 9.93. The highest BCUT2D eigenvalue weighted by Crippen LogP contribution is 2.50. The molecule has 0 unspecified atom stereocenters. The Morgan fingerprint density at radius 1 is 0.781 bits per heavy atom. The first-order chi connectivity index (χ1) is 14.9. The van der Waals surface area contributed by atoms with Gasteiger partial charge >= 0.3 is 0 Å². The fraction of sp³-hybridized carbons (Fsp3) is 0.208. The molecule has 2 aliphatic heterocycles. The fourth-order valence-electron chi connectivity index (χ4n) is 4.84. The second-order valence-corrected chi connectivity index (χ2v) is 12.8. The Morgan fingerprint density at radius 2 is 1.31 bits per heavy atom. The molecule has 6 nitrogen and oxygen atoms in total. The molecule has 32 heavy (non-hydrogen) atoms. The molecule has 0 amide bonds. The highest BCUT2D eigenvalue weighted by Gasteiger charge is 2.45. The number of sulfone groups is 2. The van der Waals surface area contributed by atoms with Crippen molar-refractivity contribution in [2.45, 2.75) is 36.5 Å². The molecule has 8 heteroatoms. The van der Waals surface area contributed by atoms with Gasteiger partial charge in [-0.05, 0) is 53.7 Å². The molecular weight excluding hydrogens is 448 g/mol. The van der Waals surface area contributed by atoms with Crippen LogP contribution in [0.2, 0.25) is 0 Å². The molecule has 0 bridgehead atoms. The van der Waals surface area contributed by atoms with Gasteiger partial charge in [-0.3, -0.25) is 4.79 Å². The summed E-state index contributed by atoms with van der Waals surface area (Å²) < 4.78 is 52.9. The van der Waals surface area contributed by atoms with Crippen LogP contribution in [0.4, 0.5) is 0 Å². The fourth-order valence-corrected chi connectivity index (χ4v) is 8.37. The maximum absolute atomic E-state index is 13.2. The Bertz CT molecular complexity index is 1530. The molecule has 1 aliphatic carbocycles. The topological polar surface area (TPSA) is 106 Å². The number of aliphatic hydroxyl groups excluding tert-OH is 1. The van der Waals surface area contributed by atoms with Crippen LogP contribution in [0, 0.1) is 5.41 Å². The standard InChI is InChI=1S/C24H20O6S2/c1-24(2)12-14(22-20(25)16-7-3-5-9-18(16)31(22,27)28)11-15(13-24)23-21(26)17-8-4-6-10-19(17)32(23,29)30/h3-11,25H,12-13H2,1-2H3. The van der Waals surface area contributed by atoms with Crippen LogP contribution in [0.15, 0.2) is 85.4 Å². The number of carbonyl (C=O) groups excluding carboxylic acids is 1. The third kappa shape index (κ3) is 2.79. The molecule has 3 aliphatic rings. The highest BCUT2D eigenvalue weighted by molar-refractivity contribution is 7.97. The maximum atomic E-state index is 13.2. The molecule has 2 heterocycles. The van der Waals surface area contributed by atoms with Gasteiger partial charge in [-0.1, -0.05) is 44.2 Å². The SMILES string of the molecule is CC1(C)CC(C2=C(O)c3ccccc3S2(=O)=O)=CC(=C2C(=O)c3ccccc3S2(=O)=O)C1. The van der Waals surface area contributed by atoms with Crippen molar-refractivity contribution < 1.29 is 26.7 Å². The number of hydrogen-bond donors (Lipinski definition) is 1. The lowest BCUT2D eigenvalue weighted by Crippen LogP contribution is -2.22. The van der Waals surface area contributed by atoms with Gasteiger partial charge in [0.15, 0.2) is 0 Å². The van der Waals surface area contributed by atoms with Crippen LogP contribution in [0.25, 0.3) is 5.76 Å². The summed E-state index contributed by atoms with van der Waals surface area (Å²) in [7, 11) is -8.01. The van der Waals surface area contributed by atoms with Gasteiger partial charge in [0.1, 0.15) is 15.6 Å². The molecule has 5 rings (SSSR count). The quantitative estimate of drug-likeness (QED) is 0.623. The maximum Gasteiger partial charge on any atom is 0.211 e. The summed E-state index contributed by atoms with van der Waals surface area (Å²) in [5.74, 6) is -0.933. The molecule has 1 N–H and O–H groups in total. The predicted octanol–water partition coefficient (Wildman–Crippen LogP) is 4.37. The summed E-state index contributed by atoms with van der Waals surface area (Å²) in [6, 6.07) is 12.2. The van der Waals surface area contributed by atoms with Crippen LogP contribution < -0.4 is 0 Å². The van der Waals surface area contributed by atoms with E-state index in [-0.39, 0.29) is 48.5 Å². The first kappa shape index (κ1) is 20.9. The van der Waals surface area contributed by atoms with Crippen molar-refractivity contribution in [3.63, 3.8) is 0 Å². The monoisotopic (exact) mass is 468 g/mol. The normalized spacial score (nSPS) is 24.8. The molecule has 0 saturated carbocycles. The van der Waals surface area contributed by atoms with Gasteiger partial charge in [0.25, 0.3) is 0 Å². The average Bonchev–Trinajstić information content (AvgIpc) is 3.05. The first-order valence-corrected chi connectivity index (χ1v) is 13.0. The number of benzene rings is 2. The Hall–Kier alpha value is -2.97. The molecule has 2 aromatic rings. The van der Waals surface area contributed by atoms with Crippen LogP contribution in [0.3, 0.4) is 0 Å². The van der Waals surface area contributed by atoms with Gasteiger partial charge in [-0.15, -0.1) is 0 Å². The minimum absolute atomic E-state index is 0.0166. The Labute approximate surface area is 186 Å². The van der Waals surface area contributed by atoms with E-state index in [2.05, 4.69) is 0 Å². The van der Waals surface area contributed by atoms with E-state index in [4.69, 9.17) is 0 Å². The van der Waals surface area contributed by atoms with Gasteiger partial charge < -0.3 is 5.11 Å². The largest absolute Gasteiger partial charge is 0.506 e. The smallest absolute Gasteiger partial charge is 0.211 e. The summed E-state index contributed by atoms with van der Waals surface area (Å²) in [5.41, 5.74) is 0.378. The minimum Gasteiger partial charge on any atom is -0.506 e. The molecule has 164 valence electrons. The van der Waals surface area contributed by atoms with E-state index >= 15 is 0 Å². The number of carbonyl (C=O) groups is 1. The lowest BCUT2D eigenvalue weighted by atomic mass is 9.74. The number of fused-ring (bicyclic) bond motifs is 2. The molecule has 0 radical (unpaired) electrons. The van der Waals surface area contributed by atoms with E-state index in [9.17, 15) is 26.7 Å². The van der Waals surface area contributed by atoms with Crippen molar-refractivity contribution in [3.05, 3.63) is 86.7 Å². The predicted molar refractivity (Wildman–Crippen MR) is 119 cm³/mol. The van der Waals surface area contributed by atoms with Crippen LogP contribution in [0.1, 0.15) is 42.6 Å². The van der Waals surface area contributed by atoms with Gasteiger partial charge in [0.2, 0.25) is 25.5 Å². The number of Topliss-reactive ketones (excluding diaryl/α,β-unsaturated/α-hetero) is 1. The van der Waals surface area contributed by atoms with Gasteiger partial charge in [0.05, 0.1) is 9.79 Å². The average molecular weight is 469 g/mol. The van der Waals surface area contributed by atoms with Crippen LogP contribution in [-0.4, -0.2) is 27.7 Å². The van der Waals surface area contributed by atoms with Gasteiger partial charge in [-0.25, -0.2) is 16.8 Å². The third-order valence-electron chi connectivity index (χ3n) is 6.08. The molecule has 0 saturated heterocycles. The molecule has 0 atom stereocenters. The second kappa shape index (κ2) is 6.52. The van der Waals surface area contributed by atoms with E-state index in [0.717, 1.165) is 0 Å². The summed E-state index contributed by atoms with van der Waals surface area (Å²) in [4.78, 5) is 12.5. The van der Waals surface area contributed by atoms with Crippen LogP contribution in [-0.2, 0) is 19.7 Å². The zero-order valence-corrected chi connectivity index (χ0v) is 19.0. The molecule has 0 fully saturated rings. The van der Waals surface area contributed by atoms with Crippen LogP contribution >= 0.6 is 0 Å². The summed E-state index contributed by atoms with van der Waals surface area (Å²) in [6.45, 7) is 3.76. The number of rotatable bonds is 1. The summed E-state index contributed by atoms with van der Waals surface area (Å²) >= 11 is 0. The molecular formula is C24H20O6S2. The number of hydrogen-bond acceptors (Lipinski definition) is 6. The first-order valence-electron chi connectivity index (χ1n) is 10.1. The lowest BCUT2D eigenvalue weighted by Gasteiger charge is -2.32. The second-order valence-electron chi connectivity index (χ2n) is 9.05. The summed E-state index contributed by atoms with van der Waals surface area (Å²) in [6.07, 6.45) is 2.06. The number of aliphatic hydroxyl groups is 1. The van der Waals surface area contributed by atoms with E-state index in [1.54, 1.807) is 24.3 Å². The zero-order chi connectivity index (χ0) is 23.1. The zero-order valence-electron chi connectivity index (χ0n) is 17.4. The molecule has 2 aromatic carbocycles. The van der Waals surface area contributed by atoms with Crippen LogP contribution in [0.5, 0.6) is 0 Å². The Kier molecular flexibility index (Phi) is 4.26. The number of allylic oxidation sites excluding steroid dienone is 4. The number of ketones is 1. The van der Waals surface area contributed by atoms with Crippen molar-refractivity contribution >= 4 is 31.2 Å². The van der Waals surface area contributed by atoms with E-state index in [1.165, 1.54) is 30.3 Å². The van der Waals surface area contributed by atoms with E-state index in [1.807, 2.05) is 13.8 Å². The van der Waals surface area contributed by atoms with Gasteiger partial charge in [-0.2, -0.15) is 0 Å².